The van der Waals surface area contributed by atoms with Crippen molar-refractivity contribution in [3.8, 4) is 22.9 Å². The Bertz CT molecular complexity index is 2970. The molecule has 6 aliphatic heterocycles. The number of aromatic nitrogens is 3. The molecule has 2 aromatic carbocycles. The van der Waals surface area contributed by atoms with E-state index in [1.807, 2.05) is 37.3 Å². The Balaban J connectivity index is 0.671. The van der Waals surface area contributed by atoms with E-state index in [2.05, 4.69) is 47.5 Å². The van der Waals surface area contributed by atoms with Crippen molar-refractivity contribution in [2.75, 3.05) is 77.0 Å². The number of rotatable bonds is 13. The second kappa shape index (κ2) is 20.2. The number of benzene rings is 2. The molecule has 18 heteroatoms. The van der Waals surface area contributed by atoms with Crippen LogP contribution in [0.15, 0.2) is 73.2 Å². The van der Waals surface area contributed by atoms with Gasteiger partial charge in [-0.25, -0.2) is 18.3 Å². The van der Waals surface area contributed by atoms with E-state index in [-0.39, 0.29) is 29.7 Å². The summed E-state index contributed by atoms with van der Waals surface area (Å²) in [6.07, 6.45) is 11.0. The molecular formula is C55H61F2N11O5. The quantitative estimate of drug-likeness (QED) is 0.137. The minimum absolute atomic E-state index is 0.122. The zero-order valence-corrected chi connectivity index (χ0v) is 41.2. The van der Waals surface area contributed by atoms with Crippen molar-refractivity contribution in [3.63, 3.8) is 0 Å². The predicted octanol–water partition coefficient (Wildman–Crippen LogP) is 5.75. The third kappa shape index (κ3) is 9.90. The number of halogens is 2. The molecule has 11 rings (SSSR count). The fourth-order valence-electron chi connectivity index (χ4n) is 12.3. The number of piperidine rings is 4. The lowest BCUT2D eigenvalue weighted by Gasteiger charge is -2.49. The van der Waals surface area contributed by atoms with Gasteiger partial charge in [-0.2, -0.15) is 10.4 Å². The van der Waals surface area contributed by atoms with Crippen molar-refractivity contribution in [1.82, 2.24) is 44.8 Å². The van der Waals surface area contributed by atoms with Gasteiger partial charge in [-0.05, 0) is 143 Å². The van der Waals surface area contributed by atoms with Gasteiger partial charge in [0, 0.05) is 81.2 Å². The van der Waals surface area contributed by atoms with Crippen molar-refractivity contribution in [2.24, 2.45) is 5.92 Å². The lowest BCUT2D eigenvalue weighted by Crippen LogP contribution is -2.62. The zero-order valence-electron chi connectivity index (χ0n) is 41.2. The highest BCUT2D eigenvalue weighted by Crippen LogP contribution is 2.37. The monoisotopic (exact) mass is 993 g/mol. The van der Waals surface area contributed by atoms with Crippen LogP contribution in [0.3, 0.4) is 0 Å². The number of anilines is 1. The van der Waals surface area contributed by atoms with Crippen LogP contribution in [0.25, 0.3) is 16.6 Å². The number of amides is 4. The molecule has 3 aromatic heterocycles. The van der Waals surface area contributed by atoms with Crippen LogP contribution >= 0.6 is 0 Å². The van der Waals surface area contributed by atoms with E-state index in [0.717, 1.165) is 112 Å². The van der Waals surface area contributed by atoms with Gasteiger partial charge in [0.15, 0.2) is 0 Å². The summed E-state index contributed by atoms with van der Waals surface area (Å²) in [5, 5.41) is 19.8. The summed E-state index contributed by atoms with van der Waals surface area (Å²) in [5.74, 6) is -0.473. The highest BCUT2D eigenvalue weighted by atomic mass is 19.1. The van der Waals surface area contributed by atoms with Gasteiger partial charge < -0.3 is 24.8 Å². The Morgan fingerprint density at radius 3 is 2.42 bits per heavy atom. The number of hydrogen-bond acceptors (Lipinski definition) is 12. The number of ether oxygens (including phenoxy) is 1. The number of carbonyl (C=O) groups is 4. The van der Waals surface area contributed by atoms with E-state index in [1.165, 1.54) is 5.56 Å². The summed E-state index contributed by atoms with van der Waals surface area (Å²) in [5.41, 5.74) is 4.57. The van der Waals surface area contributed by atoms with Gasteiger partial charge >= 0.3 is 0 Å². The standard InChI is InChI=1S/C55H61F2N11O5/c1-2-73-43-25-44(51-40(26-58)28-60-68(51)33-43)38-5-9-49(59-27-38)66-21-15-55(16-22-66,62-52(70)46-24-41(56)6-7-47(46)57)34-63-17-11-35(12-18-63)29-64-31-42(32-64)65-19-13-36(14-20-65)37-3-4-39-30-67(54(72)45(39)23-37)48-8-10-50(69)61-53(48)71/h3-7,9,23-25,27-28,33,35-36,42,48H,2,8,10-22,29-32,34H2,1H3,(H,62,70)(H,61,69,71). The maximum Gasteiger partial charge on any atom is 0.255 e. The third-order valence-corrected chi connectivity index (χ3v) is 16.4. The first kappa shape index (κ1) is 48.5. The van der Waals surface area contributed by atoms with Gasteiger partial charge in [0.2, 0.25) is 11.8 Å². The third-order valence-electron chi connectivity index (χ3n) is 16.4. The lowest BCUT2D eigenvalue weighted by molar-refractivity contribution is -0.136. The molecule has 0 radical (unpaired) electrons. The van der Waals surface area contributed by atoms with Crippen molar-refractivity contribution in [3.05, 3.63) is 113 Å². The molecule has 5 saturated heterocycles. The van der Waals surface area contributed by atoms with Crippen molar-refractivity contribution < 1.29 is 32.7 Å². The normalized spacial score (nSPS) is 21.5. The minimum Gasteiger partial charge on any atom is -0.492 e. The average Bonchev–Trinajstić information content (AvgIpc) is 3.96. The molecule has 9 heterocycles. The Labute approximate surface area is 423 Å². The van der Waals surface area contributed by atoms with E-state index in [4.69, 9.17) is 9.72 Å². The molecule has 16 nitrogen and oxygen atoms in total. The SMILES string of the molecule is CCOc1cc(-c2ccc(N3CCC(CN4CCC(CN5CC(N6CCC(c7ccc8c(c7)C(=O)N(C7CCC(=O)NC7=O)C8)CC6)C5)CC4)(NC(=O)c4cc(F)ccc4F)CC3)nc2)c2c(C#N)cnn2c1. The molecule has 2 N–H and O–H groups in total. The van der Waals surface area contributed by atoms with E-state index in [1.54, 1.807) is 28.0 Å². The number of imide groups is 1. The number of pyridine rings is 2. The van der Waals surface area contributed by atoms with Crippen LogP contribution in [-0.4, -0.2) is 148 Å². The van der Waals surface area contributed by atoms with Crippen LogP contribution in [-0.2, 0) is 16.1 Å². The molecular weight excluding hydrogens is 933 g/mol. The summed E-state index contributed by atoms with van der Waals surface area (Å²) in [4.78, 5) is 67.8. The second-order valence-corrected chi connectivity index (χ2v) is 21.0. The summed E-state index contributed by atoms with van der Waals surface area (Å²) in [7, 11) is 0. The summed E-state index contributed by atoms with van der Waals surface area (Å²) in [6.45, 7) is 11.6. The summed E-state index contributed by atoms with van der Waals surface area (Å²) >= 11 is 0. The highest BCUT2D eigenvalue weighted by Gasteiger charge is 2.42. The first-order chi connectivity index (χ1) is 35.4. The number of fused-ring (bicyclic) bond motifs is 2. The molecule has 0 saturated carbocycles. The molecule has 0 spiro atoms. The van der Waals surface area contributed by atoms with Gasteiger partial charge in [0.1, 0.15) is 35.3 Å². The van der Waals surface area contributed by atoms with E-state index in [9.17, 15) is 33.2 Å². The number of likely N-dealkylation sites (tertiary alicyclic amines) is 3. The minimum atomic E-state index is -0.757. The van der Waals surface area contributed by atoms with E-state index < -0.39 is 29.1 Å². The molecule has 73 heavy (non-hydrogen) atoms. The Morgan fingerprint density at radius 2 is 1.70 bits per heavy atom. The topological polar surface area (TPSA) is 172 Å². The molecule has 5 fully saturated rings. The second-order valence-electron chi connectivity index (χ2n) is 21.0. The van der Waals surface area contributed by atoms with Crippen LogP contribution in [0.1, 0.15) is 102 Å². The maximum absolute atomic E-state index is 15.0. The molecule has 1 atom stereocenters. The fraction of sp³-hybridized carbons (Fsp3) is 0.473. The Hall–Kier alpha value is -6.81. The number of hydrogen-bond donors (Lipinski definition) is 2. The summed E-state index contributed by atoms with van der Waals surface area (Å²) in [6, 6.07) is 17.3. The molecule has 4 amide bonds. The van der Waals surface area contributed by atoms with Gasteiger partial charge in [-0.3, -0.25) is 34.3 Å². The van der Waals surface area contributed by atoms with Crippen LogP contribution in [0.2, 0.25) is 0 Å². The summed E-state index contributed by atoms with van der Waals surface area (Å²) < 4.78 is 36.7. The maximum atomic E-state index is 15.0. The number of carbonyl (C=O) groups excluding carboxylic acids is 4. The number of nitrogens with zero attached hydrogens (tertiary/aromatic N) is 9. The molecule has 1 unspecified atom stereocenters. The molecule has 380 valence electrons. The van der Waals surface area contributed by atoms with Gasteiger partial charge in [-0.1, -0.05) is 12.1 Å². The van der Waals surface area contributed by atoms with Crippen molar-refractivity contribution in [1.29, 1.82) is 5.26 Å². The average molecular weight is 994 g/mol. The lowest BCUT2D eigenvalue weighted by atomic mass is 9.84. The predicted molar refractivity (Wildman–Crippen MR) is 268 cm³/mol. The highest BCUT2D eigenvalue weighted by molar-refractivity contribution is 6.05. The molecule has 5 aromatic rings. The largest absolute Gasteiger partial charge is 0.492 e. The Morgan fingerprint density at radius 1 is 0.904 bits per heavy atom. The van der Waals surface area contributed by atoms with Gasteiger partial charge in [0.05, 0.1) is 41.2 Å². The number of nitrogens with one attached hydrogen (secondary N) is 2. The molecule has 0 bridgehead atoms. The van der Waals surface area contributed by atoms with Crippen LogP contribution in [0, 0.1) is 28.9 Å². The first-order valence-corrected chi connectivity index (χ1v) is 25.9. The molecule has 0 aliphatic carbocycles. The van der Waals surface area contributed by atoms with Gasteiger partial charge in [0.25, 0.3) is 11.8 Å². The van der Waals surface area contributed by atoms with Crippen LogP contribution in [0.4, 0.5) is 14.6 Å². The first-order valence-electron chi connectivity index (χ1n) is 25.9. The van der Waals surface area contributed by atoms with Crippen LogP contribution in [0.5, 0.6) is 5.75 Å². The van der Waals surface area contributed by atoms with Crippen molar-refractivity contribution in [2.45, 2.75) is 88.4 Å². The fourth-order valence-corrected chi connectivity index (χ4v) is 12.3. The number of nitriles is 1. The van der Waals surface area contributed by atoms with Gasteiger partial charge in [-0.15, -0.1) is 0 Å². The smallest absolute Gasteiger partial charge is 0.255 e. The zero-order chi connectivity index (χ0) is 50.4. The van der Waals surface area contributed by atoms with E-state index >= 15 is 0 Å². The van der Waals surface area contributed by atoms with Crippen molar-refractivity contribution >= 4 is 35.0 Å². The van der Waals surface area contributed by atoms with E-state index in [0.29, 0.717) is 92.3 Å². The Kier molecular flexibility index (Phi) is 13.4. The van der Waals surface area contributed by atoms with Crippen LogP contribution < -0.4 is 20.3 Å². The molecule has 6 aliphatic rings.